The molecule has 2 aromatic carbocycles. The first-order valence-corrected chi connectivity index (χ1v) is 11.2. The molecule has 166 valence electrons. The van der Waals surface area contributed by atoms with Crippen LogP contribution in [0.3, 0.4) is 0 Å². The van der Waals surface area contributed by atoms with Gasteiger partial charge in [0.15, 0.2) is 11.5 Å². The summed E-state index contributed by atoms with van der Waals surface area (Å²) < 4.78 is 7.33. The zero-order chi connectivity index (χ0) is 22.2. The number of carbonyl (C=O) groups is 1. The number of morpholine rings is 1. The summed E-state index contributed by atoms with van der Waals surface area (Å²) in [6, 6.07) is 13.8. The van der Waals surface area contributed by atoms with Crippen molar-refractivity contribution in [3.63, 3.8) is 0 Å². The largest absolute Gasteiger partial charge is 0.384 e. The lowest BCUT2D eigenvalue weighted by atomic mass is 10.0. The Morgan fingerprint density at radius 3 is 2.79 bits per heavy atom. The number of hydrogen-bond acceptors (Lipinski definition) is 6. The third-order valence-electron chi connectivity index (χ3n) is 6.21. The minimum Gasteiger partial charge on any atom is -0.384 e. The smallest absolute Gasteiger partial charge is 0.254 e. The molecule has 0 aliphatic carbocycles. The third-order valence-corrected chi connectivity index (χ3v) is 6.21. The Morgan fingerprint density at radius 1 is 1.09 bits per heavy atom. The molecule has 8 nitrogen and oxygen atoms in total. The van der Waals surface area contributed by atoms with Crippen molar-refractivity contribution in [1.82, 2.24) is 19.3 Å². The number of nitrogens with zero attached hydrogens (tertiary/aromatic N) is 4. The maximum absolute atomic E-state index is 12.7. The number of amides is 1. The summed E-state index contributed by atoms with van der Waals surface area (Å²) in [6.45, 7) is 3.39. The fraction of sp³-hybridized carbons (Fsp3) is 0.240. The third kappa shape index (κ3) is 3.68. The minimum atomic E-state index is 0.0344. The quantitative estimate of drug-likeness (QED) is 0.505. The van der Waals surface area contributed by atoms with E-state index in [0.29, 0.717) is 37.7 Å². The van der Waals surface area contributed by atoms with Crippen LogP contribution in [0.25, 0.3) is 16.9 Å². The van der Waals surface area contributed by atoms with Crippen LogP contribution in [-0.2, 0) is 11.2 Å². The first-order chi connectivity index (χ1) is 16.3. The van der Waals surface area contributed by atoms with E-state index in [2.05, 4.69) is 33.8 Å². The summed E-state index contributed by atoms with van der Waals surface area (Å²) in [5, 5.41) is 6.84. The van der Waals surface area contributed by atoms with Crippen molar-refractivity contribution in [1.29, 1.82) is 0 Å². The van der Waals surface area contributed by atoms with Crippen LogP contribution >= 0.6 is 0 Å². The van der Waals surface area contributed by atoms with E-state index in [0.717, 1.165) is 35.6 Å². The molecule has 33 heavy (non-hydrogen) atoms. The molecule has 2 aliphatic rings. The van der Waals surface area contributed by atoms with Crippen molar-refractivity contribution in [3.05, 3.63) is 72.2 Å². The lowest BCUT2D eigenvalue weighted by molar-refractivity contribution is 0.0303. The van der Waals surface area contributed by atoms with Gasteiger partial charge in [-0.05, 0) is 42.3 Å². The average Bonchev–Trinajstić information content (AvgIpc) is 3.54. The van der Waals surface area contributed by atoms with Gasteiger partial charge < -0.3 is 24.7 Å². The molecule has 8 heteroatoms. The molecule has 2 aromatic heterocycles. The molecule has 6 rings (SSSR count). The van der Waals surface area contributed by atoms with Crippen molar-refractivity contribution < 1.29 is 9.53 Å². The number of anilines is 3. The maximum Gasteiger partial charge on any atom is 0.254 e. The van der Waals surface area contributed by atoms with E-state index < -0.39 is 0 Å². The Bertz CT molecular complexity index is 1320. The Kier molecular flexibility index (Phi) is 4.92. The molecule has 0 unspecified atom stereocenters. The highest BCUT2D eigenvalue weighted by Gasteiger charge is 2.19. The van der Waals surface area contributed by atoms with Crippen LogP contribution in [0.2, 0.25) is 0 Å². The number of carbonyl (C=O) groups excluding carboxylic acids is 1. The number of fused-ring (bicyclic) bond motifs is 2. The molecule has 2 N–H and O–H groups in total. The number of rotatable bonds is 4. The van der Waals surface area contributed by atoms with Crippen LogP contribution in [0.15, 0.2) is 61.1 Å². The molecule has 1 amide bonds. The Balaban J connectivity index is 1.30. The van der Waals surface area contributed by atoms with Crippen molar-refractivity contribution >= 4 is 28.7 Å². The summed E-state index contributed by atoms with van der Waals surface area (Å²) in [7, 11) is 0. The second-order valence-electron chi connectivity index (χ2n) is 8.25. The summed E-state index contributed by atoms with van der Waals surface area (Å²) in [5.74, 6) is 0.709. The van der Waals surface area contributed by atoms with E-state index >= 15 is 0 Å². The van der Waals surface area contributed by atoms with Crippen LogP contribution in [0.5, 0.6) is 0 Å². The number of nitrogens with one attached hydrogen (secondary N) is 2. The zero-order valence-corrected chi connectivity index (χ0v) is 18.1. The van der Waals surface area contributed by atoms with Gasteiger partial charge in [0.05, 0.1) is 18.9 Å². The van der Waals surface area contributed by atoms with Crippen LogP contribution in [0.4, 0.5) is 17.2 Å². The molecule has 4 aromatic rings. The van der Waals surface area contributed by atoms with E-state index in [1.807, 2.05) is 46.0 Å². The zero-order valence-electron chi connectivity index (χ0n) is 18.1. The second kappa shape index (κ2) is 8.22. The van der Waals surface area contributed by atoms with Crippen LogP contribution in [-0.4, -0.2) is 58.0 Å². The van der Waals surface area contributed by atoms with E-state index in [-0.39, 0.29) is 5.91 Å². The average molecular weight is 441 g/mol. The minimum absolute atomic E-state index is 0.0344. The SMILES string of the molecule is O=C(c1ccc(Nc2nc(-c3cccc4c3CCN4)cn3ccnc23)cc1)N1CCOCC1. The van der Waals surface area contributed by atoms with Gasteiger partial charge in [-0.25, -0.2) is 9.97 Å². The molecule has 0 radical (unpaired) electrons. The van der Waals surface area contributed by atoms with Gasteiger partial charge in [-0.1, -0.05) is 12.1 Å². The van der Waals surface area contributed by atoms with Crippen molar-refractivity contribution in [3.8, 4) is 11.3 Å². The van der Waals surface area contributed by atoms with E-state index in [1.165, 1.54) is 11.3 Å². The number of aromatic nitrogens is 3. The van der Waals surface area contributed by atoms with Crippen LogP contribution < -0.4 is 10.6 Å². The summed E-state index contributed by atoms with van der Waals surface area (Å²) in [4.78, 5) is 24.0. The van der Waals surface area contributed by atoms with Gasteiger partial charge in [-0.3, -0.25) is 4.79 Å². The maximum atomic E-state index is 12.7. The Labute approximate surface area is 191 Å². The first-order valence-electron chi connectivity index (χ1n) is 11.2. The molecule has 2 aliphatic heterocycles. The lowest BCUT2D eigenvalue weighted by Crippen LogP contribution is -2.40. The monoisotopic (exact) mass is 440 g/mol. The van der Waals surface area contributed by atoms with Crippen molar-refractivity contribution in [2.75, 3.05) is 43.5 Å². The van der Waals surface area contributed by atoms with E-state index in [9.17, 15) is 4.79 Å². The van der Waals surface area contributed by atoms with Gasteiger partial charge in [0.2, 0.25) is 0 Å². The van der Waals surface area contributed by atoms with Crippen LogP contribution in [0.1, 0.15) is 15.9 Å². The number of imidazole rings is 1. The lowest BCUT2D eigenvalue weighted by Gasteiger charge is -2.26. The second-order valence-corrected chi connectivity index (χ2v) is 8.25. The van der Waals surface area contributed by atoms with E-state index in [4.69, 9.17) is 9.72 Å². The Hall–Kier alpha value is -3.91. The number of hydrogen-bond donors (Lipinski definition) is 2. The first kappa shape index (κ1) is 19.8. The van der Waals surface area contributed by atoms with Crippen LogP contribution in [0, 0.1) is 0 Å². The van der Waals surface area contributed by atoms with Gasteiger partial charge in [0.1, 0.15) is 0 Å². The highest BCUT2D eigenvalue weighted by Crippen LogP contribution is 2.33. The molecule has 1 saturated heterocycles. The molecular formula is C25H24N6O2. The van der Waals surface area contributed by atoms with Gasteiger partial charge in [-0.2, -0.15) is 0 Å². The van der Waals surface area contributed by atoms with E-state index in [1.54, 1.807) is 6.20 Å². The highest BCUT2D eigenvalue weighted by molar-refractivity contribution is 5.94. The van der Waals surface area contributed by atoms with Crippen molar-refractivity contribution in [2.45, 2.75) is 6.42 Å². The molecule has 0 atom stereocenters. The molecule has 4 heterocycles. The normalized spacial score (nSPS) is 15.3. The van der Waals surface area contributed by atoms with Crippen molar-refractivity contribution in [2.24, 2.45) is 0 Å². The van der Waals surface area contributed by atoms with Gasteiger partial charge in [-0.15, -0.1) is 0 Å². The number of benzene rings is 2. The standard InChI is InChI=1S/C25H24N6O2/c32-25(30-12-14-33-15-13-30)17-4-6-18(7-5-17)28-23-24-27-10-11-31(24)16-22(29-23)19-2-1-3-21-20(19)8-9-26-21/h1-7,10-11,16,26H,8-9,12-15H2,(H,28,29). The predicted octanol–water partition coefficient (Wildman–Crippen LogP) is 3.58. The summed E-state index contributed by atoms with van der Waals surface area (Å²) in [5.41, 5.74) is 6.75. The molecule has 1 fully saturated rings. The number of ether oxygens (including phenoxy) is 1. The fourth-order valence-electron chi connectivity index (χ4n) is 4.51. The fourth-order valence-corrected chi connectivity index (χ4v) is 4.51. The van der Waals surface area contributed by atoms with Gasteiger partial charge >= 0.3 is 0 Å². The van der Waals surface area contributed by atoms with Gasteiger partial charge in [0, 0.05) is 60.7 Å². The molecule has 0 spiro atoms. The molecule has 0 saturated carbocycles. The molecular weight excluding hydrogens is 416 g/mol. The summed E-state index contributed by atoms with van der Waals surface area (Å²) >= 11 is 0. The Morgan fingerprint density at radius 2 is 1.94 bits per heavy atom. The predicted molar refractivity (Wildman–Crippen MR) is 127 cm³/mol. The molecule has 0 bridgehead atoms. The highest BCUT2D eigenvalue weighted by atomic mass is 16.5. The van der Waals surface area contributed by atoms with Gasteiger partial charge in [0.25, 0.3) is 5.91 Å². The topological polar surface area (TPSA) is 83.8 Å². The summed E-state index contributed by atoms with van der Waals surface area (Å²) in [6.07, 6.45) is 6.70.